The summed E-state index contributed by atoms with van der Waals surface area (Å²) in [5.74, 6) is 0.236. The van der Waals surface area contributed by atoms with Gasteiger partial charge in [0.15, 0.2) is 0 Å². The smallest absolute Gasteiger partial charge is 0.306 e. The first-order valence-electron chi connectivity index (χ1n) is 3.54. The molecule has 0 unspecified atom stereocenters. The molecule has 0 bridgehead atoms. The molecule has 0 radical (unpaired) electrons. The molecule has 1 aliphatic rings. The van der Waals surface area contributed by atoms with Gasteiger partial charge in [-0.3, -0.25) is 4.79 Å². The van der Waals surface area contributed by atoms with Crippen molar-refractivity contribution < 1.29 is 9.53 Å². The molecule has 2 atom stereocenters. The maximum absolute atomic E-state index is 10.8. The zero-order chi connectivity index (χ0) is 7.56. The minimum atomic E-state index is -0.0938. The van der Waals surface area contributed by atoms with E-state index in [0.717, 1.165) is 6.42 Å². The highest BCUT2D eigenvalue weighted by Gasteiger charge is 2.22. The Bertz CT molecular complexity index is 151. The largest absolute Gasteiger partial charge is 0.463 e. The van der Waals surface area contributed by atoms with Gasteiger partial charge in [-0.2, -0.15) is 0 Å². The Morgan fingerprint density at radius 2 is 2.50 bits per heavy atom. The molecule has 0 N–H and O–H groups in total. The Labute approximate surface area is 60.9 Å². The Morgan fingerprint density at radius 1 is 1.80 bits per heavy atom. The van der Waals surface area contributed by atoms with E-state index in [1.54, 1.807) is 0 Å². The van der Waals surface area contributed by atoms with Crippen molar-refractivity contribution in [2.45, 2.75) is 25.9 Å². The zero-order valence-corrected chi connectivity index (χ0v) is 6.17. The summed E-state index contributed by atoms with van der Waals surface area (Å²) in [5.41, 5.74) is 0. The van der Waals surface area contributed by atoms with E-state index in [2.05, 4.69) is 6.58 Å². The molecule has 1 fully saturated rings. The second-order valence-corrected chi connectivity index (χ2v) is 2.74. The highest BCUT2D eigenvalue weighted by molar-refractivity contribution is 5.70. The second-order valence-electron chi connectivity index (χ2n) is 2.74. The third-order valence-electron chi connectivity index (χ3n) is 1.73. The fourth-order valence-electron chi connectivity index (χ4n) is 1.22. The van der Waals surface area contributed by atoms with Crippen LogP contribution in [0.25, 0.3) is 0 Å². The third-order valence-corrected chi connectivity index (χ3v) is 1.73. The number of carbonyl (C=O) groups excluding carboxylic acids is 1. The van der Waals surface area contributed by atoms with E-state index in [1.165, 1.54) is 0 Å². The number of ether oxygens (including phenoxy) is 1. The van der Waals surface area contributed by atoms with Crippen LogP contribution in [0.2, 0.25) is 0 Å². The predicted octanol–water partition coefficient (Wildman–Crippen LogP) is 1.51. The maximum Gasteiger partial charge on any atom is 0.306 e. The lowest BCUT2D eigenvalue weighted by Crippen LogP contribution is -2.26. The summed E-state index contributed by atoms with van der Waals surface area (Å²) in [6.45, 7) is 5.56. The number of esters is 1. The molecule has 0 aromatic heterocycles. The predicted molar refractivity (Wildman–Crippen MR) is 38.5 cm³/mol. The summed E-state index contributed by atoms with van der Waals surface area (Å²) in [5, 5.41) is 0. The summed E-state index contributed by atoms with van der Waals surface area (Å²) in [4.78, 5) is 10.8. The minimum absolute atomic E-state index is 0.0734. The van der Waals surface area contributed by atoms with Crippen LogP contribution in [0.5, 0.6) is 0 Å². The van der Waals surface area contributed by atoms with Crippen LogP contribution in [-0.4, -0.2) is 12.1 Å². The maximum atomic E-state index is 10.8. The zero-order valence-electron chi connectivity index (χ0n) is 6.17. The first kappa shape index (κ1) is 7.32. The number of hydrogen-bond acceptors (Lipinski definition) is 2. The highest BCUT2D eigenvalue weighted by Crippen LogP contribution is 2.20. The lowest BCUT2D eigenvalue weighted by atomic mass is 9.96. The topological polar surface area (TPSA) is 26.3 Å². The molecule has 1 aliphatic heterocycles. The van der Waals surface area contributed by atoms with E-state index in [-0.39, 0.29) is 12.1 Å². The SMILES string of the molecule is C=C[C@@H]1CC(=O)O[C@@H](C)C1. The first-order chi connectivity index (χ1) is 4.72. The molecule has 56 valence electrons. The fourth-order valence-corrected chi connectivity index (χ4v) is 1.22. The van der Waals surface area contributed by atoms with Crippen molar-refractivity contribution in [3.63, 3.8) is 0 Å². The standard InChI is InChI=1S/C8H12O2/c1-3-7-4-6(2)10-8(9)5-7/h3,6-7H,1,4-5H2,2H3/t6-,7-/m0/s1. The second kappa shape index (κ2) is 2.86. The molecule has 0 amide bonds. The summed E-state index contributed by atoms with van der Waals surface area (Å²) >= 11 is 0. The van der Waals surface area contributed by atoms with E-state index in [1.807, 2.05) is 13.0 Å². The number of carbonyl (C=O) groups is 1. The lowest BCUT2D eigenvalue weighted by Gasteiger charge is -2.23. The molecular weight excluding hydrogens is 128 g/mol. The average Bonchev–Trinajstić information content (AvgIpc) is 1.85. The van der Waals surface area contributed by atoms with Crippen LogP contribution in [-0.2, 0) is 9.53 Å². The van der Waals surface area contributed by atoms with E-state index in [0.29, 0.717) is 12.3 Å². The van der Waals surface area contributed by atoms with Gasteiger partial charge in [-0.15, -0.1) is 6.58 Å². The van der Waals surface area contributed by atoms with Gasteiger partial charge in [-0.25, -0.2) is 0 Å². The van der Waals surface area contributed by atoms with Gasteiger partial charge in [-0.1, -0.05) is 6.08 Å². The van der Waals surface area contributed by atoms with E-state index < -0.39 is 0 Å². The monoisotopic (exact) mass is 140 g/mol. The Morgan fingerprint density at radius 3 is 3.00 bits per heavy atom. The molecule has 0 aliphatic carbocycles. The molecule has 2 heteroatoms. The van der Waals surface area contributed by atoms with Crippen molar-refractivity contribution in [1.82, 2.24) is 0 Å². The van der Waals surface area contributed by atoms with Gasteiger partial charge in [0.25, 0.3) is 0 Å². The molecule has 1 saturated heterocycles. The van der Waals surface area contributed by atoms with Crippen LogP contribution in [0.4, 0.5) is 0 Å². The molecule has 0 saturated carbocycles. The average molecular weight is 140 g/mol. The molecular formula is C8H12O2. The molecule has 0 spiro atoms. The van der Waals surface area contributed by atoms with Gasteiger partial charge >= 0.3 is 5.97 Å². The van der Waals surface area contributed by atoms with Crippen molar-refractivity contribution in [3.8, 4) is 0 Å². The number of rotatable bonds is 1. The molecule has 0 aromatic carbocycles. The Kier molecular flexibility index (Phi) is 2.10. The summed E-state index contributed by atoms with van der Waals surface area (Å²) in [7, 11) is 0. The summed E-state index contributed by atoms with van der Waals surface area (Å²) < 4.78 is 4.93. The van der Waals surface area contributed by atoms with Crippen LogP contribution in [0.3, 0.4) is 0 Å². The lowest BCUT2D eigenvalue weighted by molar-refractivity contribution is -0.154. The van der Waals surface area contributed by atoms with Crippen LogP contribution >= 0.6 is 0 Å². The van der Waals surface area contributed by atoms with Crippen molar-refractivity contribution in [3.05, 3.63) is 12.7 Å². The van der Waals surface area contributed by atoms with E-state index >= 15 is 0 Å². The molecule has 1 rings (SSSR count). The summed E-state index contributed by atoms with van der Waals surface area (Å²) in [6, 6.07) is 0. The van der Waals surface area contributed by atoms with E-state index in [9.17, 15) is 4.79 Å². The molecule has 1 heterocycles. The quantitative estimate of drug-likeness (QED) is 0.407. The summed E-state index contributed by atoms with van der Waals surface area (Å²) in [6.07, 6.45) is 3.34. The van der Waals surface area contributed by atoms with Crippen molar-refractivity contribution >= 4 is 5.97 Å². The Hall–Kier alpha value is -0.790. The van der Waals surface area contributed by atoms with Gasteiger partial charge in [0.1, 0.15) is 0 Å². The van der Waals surface area contributed by atoms with Crippen molar-refractivity contribution in [1.29, 1.82) is 0 Å². The normalized spacial score (nSPS) is 33.1. The third kappa shape index (κ3) is 1.59. The molecule has 0 aromatic rings. The van der Waals surface area contributed by atoms with E-state index in [4.69, 9.17) is 4.74 Å². The van der Waals surface area contributed by atoms with Crippen LogP contribution in [0, 0.1) is 5.92 Å². The van der Waals surface area contributed by atoms with Crippen LogP contribution in [0.1, 0.15) is 19.8 Å². The van der Waals surface area contributed by atoms with Gasteiger partial charge < -0.3 is 4.74 Å². The van der Waals surface area contributed by atoms with Crippen LogP contribution in [0.15, 0.2) is 12.7 Å². The van der Waals surface area contributed by atoms with Gasteiger partial charge in [-0.05, 0) is 19.3 Å². The minimum Gasteiger partial charge on any atom is -0.463 e. The van der Waals surface area contributed by atoms with Crippen molar-refractivity contribution in [2.24, 2.45) is 5.92 Å². The van der Waals surface area contributed by atoms with Crippen molar-refractivity contribution in [2.75, 3.05) is 0 Å². The number of hydrogen-bond donors (Lipinski definition) is 0. The molecule has 10 heavy (non-hydrogen) atoms. The Balaban J connectivity index is 2.50. The van der Waals surface area contributed by atoms with Gasteiger partial charge in [0, 0.05) is 0 Å². The van der Waals surface area contributed by atoms with Gasteiger partial charge in [0.05, 0.1) is 12.5 Å². The highest BCUT2D eigenvalue weighted by atomic mass is 16.5. The number of allylic oxidation sites excluding steroid dienone is 1. The van der Waals surface area contributed by atoms with Gasteiger partial charge in [0.2, 0.25) is 0 Å². The van der Waals surface area contributed by atoms with Crippen LogP contribution < -0.4 is 0 Å². The number of cyclic esters (lactones) is 1. The fraction of sp³-hybridized carbons (Fsp3) is 0.625. The first-order valence-corrected chi connectivity index (χ1v) is 3.54. The molecule has 2 nitrogen and oxygen atoms in total.